The van der Waals surface area contributed by atoms with Gasteiger partial charge in [0.25, 0.3) is 0 Å². The predicted octanol–water partition coefficient (Wildman–Crippen LogP) is 5.87. The van der Waals surface area contributed by atoms with E-state index in [0.29, 0.717) is 27.4 Å². The Labute approximate surface area is 281 Å². The van der Waals surface area contributed by atoms with Crippen LogP contribution < -0.4 is 11.1 Å². The van der Waals surface area contributed by atoms with Gasteiger partial charge in [-0.05, 0) is 74.6 Å². The number of carbonyl (C=O) groups excluding carboxylic acids is 2. The molecule has 3 aromatic heterocycles. The summed E-state index contributed by atoms with van der Waals surface area (Å²) >= 11 is 6.91. The van der Waals surface area contributed by atoms with Crippen LogP contribution in [0.15, 0.2) is 54.7 Å². The maximum Gasteiger partial charge on any atom is 0.249 e. The number of ketones is 1. The molecule has 0 radical (unpaired) electrons. The summed E-state index contributed by atoms with van der Waals surface area (Å²) in [6.07, 6.45) is 6.85. The van der Waals surface area contributed by atoms with Crippen molar-refractivity contribution in [2.24, 2.45) is 12.8 Å². The number of aliphatic hydroxyl groups excluding tert-OH is 1. The van der Waals surface area contributed by atoms with Crippen LogP contribution in [-0.2, 0) is 23.2 Å². The van der Waals surface area contributed by atoms with Crippen LogP contribution in [0.2, 0.25) is 5.02 Å². The first-order valence-electron chi connectivity index (χ1n) is 15.7. The van der Waals surface area contributed by atoms with Crippen molar-refractivity contribution >= 4 is 45.4 Å². The highest BCUT2D eigenvalue weighted by molar-refractivity contribution is 6.38. The normalized spacial score (nSPS) is 17.0. The third-order valence-electron chi connectivity index (χ3n) is 9.30. The van der Waals surface area contributed by atoms with Gasteiger partial charge in [-0.15, -0.1) is 0 Å². The molecule has 1 aliphatic carbocycles. The quantitative estimate of drug-likeness (QED) is 0.126. The van der Waals surface area contributed by atoms with Crippen LogP contribution in [0, 0.1) is 18.6 Å². The standard InChI is InChI=1S/C36H36ClF2N5O4/c1-19-15-29-34(42-30(18-45)43(29)2)33(37)31(19)23-5-4-14-44-27(23)10-11-28(44)35(46)20-16-25(38)32(26(39)17-20)24(36(40)47)12-13-41-21-6-8-22(48-3)9-7-21/h4-5,10-12,14-17,21-22,41,45H,6-9,13,18H2,1-3H3,(H2,40,47). The van der Waals surface area contributed by atoms with Crippen LogP contribution in [0.3, 0.4) is 0 Å². The van der Waals surface area contributed by atoms with Gasteiger partial charge in [-0.3, -0.25) is 9.59 Å². The number of methoxy groups -OCH3 is 1. The van der Waals surface area contributed by atoms with Crippen molar-refractivity contribution in [2.75, 3.05) is 13.7 Å². The molecule has 1 saturated carbocycles. The minimum atomic E-state index is -1.07. The topological polar surface area (TPSA) is 124 Å². The number of pyridine rings is 1. The molecule has 1 fully saturated rings. The number of carbonyl (C=O) groups is 2. The zero-order valence-electron chi connectivity index (χ0n) is 26.8. The third-order valence-corrected chi connectivity index (χ3v) is 9.67. The first-order chi connectivity index (χ1) is 23.0. The van der Waals surface area contributed by atoms with E-state index in [4.69, 9.17) is 22.1 Å². The Balaban J connectivity index is 1.30. The Morgan fingerprint density at radius 2 is 1.83 bits per heavy atom. The number of aromatic nitrogens is 3. The molecule has 0 unspecified atom stereocenters. The number of hydrogen-bond acceptors (Lipinski definition) is 6. The van der Waals surface area contributed by atoms with Crippen LogP contribution in [-0.4, -0.2) is 56.5 Å². The van der Waals surface area contributed by atoms with Crippen molar-refractivity contribution in [3.63, 3.8) is 0 Å². The van der Waals surface area contributed by atoms with E-state index in [2.05, 4.69) is 10.3 Å². The fraction of sp³-hybridized carbons (Fsp3) is 0.306. The summed E-state index contributed by atoms with van der Waals surface area (Å²) in [6.45, 7) is 1.86. The van der Waals surface area contributed by atoms with E-state index in [1.165, 1.54) is 6.08 Å². The number of imidazole rings is 1. The maximum atomic E-state index is 15.5. The molecule has 6 rings (SSSR count). The Morgan fingerprint density at radius 1 is 1.12 bits per heavy atom. The molecular weight excluding hydrogens is 640 g/mol. The summed E-state index contributed by atoms with van der Waals surface area (Å²) in [4.78, 5) is 30.5. The monoisotopic (exact) mass is 675 g/mol. The number of primary amides is 1. The van der Waals surface area contributed by atoms with E-state index in [1.807, 2.05) is 19.1 Å². The van der Waals surface area contributed by atoms with Gasteiger partial charge in [0.05, 0.1) is 33.4 Å². The van der Waals surface area contributed by atoms with Crippen LogP contribution in [0.25, 0.3) is 33.3 Å². The van der Waals surface area contributed by atoms with E-state index < -0.39 is 28.9 Å². The second-order valence-corrected chi connectivity index (χ2v) is 12.5. The molecule has 250 valence electrons. The summed E-state index contributed by atoms with van der Waals surface area (Å²) in [5.41, 5.74) is 8.85. The summed E-state index contributed by atoms with van der Waals surface area (Å²) < 4.78 is 39.9. The van der Waals surface area contributed by atoms with Gasteiger partial charge in [-0.2, -0.15) is 0 Å². The lowest BCUT2D eigenvalue weighted by atomic mass is 9.93. The number of aliphatic hydroxyl groups is 1. The molecule has 0 spiro atoms. The van der Waals surface area contributed by atoms with E-state index in [-0.39, 0.29) is 42.1 Å². The fourth-order valence-electron chi connectivity index (χ4n) is 6.73. The summed E-state index contributed by atoms with van der Waals surface area (Å²) in [5, 5.41) is 13.4. The number of nitrogens with one attached hydrogen (secondary N) is 1. The summed E-state index contributed by atoms with van der Waals surface area (Å²) in [7, 11) is 3.50. The number of nitrogens with two attached hydrogens (primary N) is 1. The molecule has 3 heterocycles. The molecule has 1 aliphatic rings. The van der Waals surface area contributed by atoms with Gasteiger partial charge in [0.15, 0.2) is 0 Å². The van der Waals surface area contributed by atoms with E-state index in [0.717, 1.165) is 54.5 Å². The minimum absolute atomic E-state index is 0.173. The second kappa shape index (κ2) is 13.6. The molecule has 0 bridgehead atoms. The molecule has 9 nitrogen and oxygen atoms in total. The van der Waals surface area contributed by atoms with Crippen LogP contribution >= 0.6 is 11.6 Å². The molecule has 0 atom stereocenters. The fourth-order valence-corrected chi connectivity index (χ4v) is 7.12. The van der Waals surface area contributed by atoms with Crippen molar-refractivity contribution in [1.29, 1.82) is 0 Å². The Bertz CT molecular complexity index is 2070. The second-order valence-electron chi connectivity index (χ2n) is 12.1. The number of hydrogen-bond donors (Lipinski definition) is 3. The average Bonchev–Trinajstić information content (AvgIpc) is 3.65. The number of aryl methyl sites for hydroxylation is 2. The van der Waals surface area contributed by atoms with E-state index in [1.54, 1.807) is 47.5 Å². The SMILES string of the molecule is COC1CCC(NCC=C(C(N)=O)c2c(F)cc(C(=O)c3ccc4c(-c5c(C)cc6c(nc(CO)n6C)c5Cl)cccn34)cc2F)CC1. The largest absolute Gasteiger partial charge is 0.388 e. The van der Waals surface area contributed by atoms with Crippen LogP contribution in [0.1, 0.15) is 58.7 Å². The number of halogens is 3. The molecule has 0 saturated heterocycles. The molecule has 12 heteroatoms. The molecule has 4 N–H and O–H groups in total. The molecule has 5 aromatic rings. The molecule has 1 amide bonds. The highest BCUT2D eigenvalue weighted by atomic mass is 35.5. The highest BCUT2D eigenvalue weighted by Crippen LogP contribution is 2.39. The summed E-state index contributed by atoms with van der Waals surface area (Å²) in [6, 6.07) is 10.9. The van der Waals surface area contributed by atoms with Gasteiger partial charge in [0.1, 0.15) is 29.6 Å². The van der Waals surface area contributed by atoms with Gasteiger partial charge in [-0.1, -0.05) is 23.7 Å². The number of nitrogens with zero attached hydrogens (tertiary/aromatic N) is 3. The number of amides is 1. The molecular formula is C36H36ClF2N5O4. The lowest BCUT2D eigenvalue weighted by Crippen LogP contribution is -2.35. The Hall–Kier alpha value is -4.42. The van der Waals surface area contributed by atoms with Gasteiger partial charge < -0.3 is 29.9 Å². The number of rotatable bonds is 10. The smallest absolute Gasteiger partial charge is 0.249 e. The predicted molar refractivity (Wildman–Crippen MR) is 181 cm³/mol. The van der Waals surface area contributed by atoms with Crippen LogP contribution in [0.5, 0.6) is 0 Å². The molecule has 2 aromatic carbocycles. The van der Waals surface area contributed by atoms with Crippen molar-refractivity contribution in [3.8, 4) is 11.1 Å². The van der Waals surface area contributed by atoms with E-state index in [9.17, 15) is 14.7 Å². The lowest BCUT2D eigenvalue weighted by Gasteiger charge is -2.28. The minimum Gasteiger partial charge on any atom is -0.388 e. The molecule has 0 aliphatic heterocycles. The highest BCUT2D eigenvalue weighted by Gasteiger charge is 2.25. The molecule has 48 heavy (non-hydrogen) atoms. The Morgan fingerprint density at radius 3 is 2.48 bits per heavy atom. The van der Waals surface area contributed by atoms with Gasteiger partial charge in [0, 0.05) is 55.2 Å². The van der Waals surface area contributed by atoms with Gasteiger partial charge >= 0.3 is 0 Å². The zero-order valence-corrected chi connectivity index (χ0v) is 27.6. The van der Waals surface area contributed by atoms with Gasteiger partial charge in [-0.25, -0.2) is 13.8 Å². The van der Waals surface area contributed by atoms with Crippen molar-refractivity contribution in [3.05, 3.63) is 99.6 Å². The third kappa shape index (κ3) is 6.03. The van der Waals surface area contributed by atoms with E-state index >= 15 is 8.78 Å². The average molecular weight is 676 g/mol. The van der Waals surface area contributed by atoms with Crippen molar-refractivity contribution in [2.45, 2.75) is 51.4 Å². The zero-order chi connectivity index (χ0) is 34.3. The number of benzene rings is 2. The first-order valence-corrected chi connectivity index (χ1v) is 16.1. The lowest BCUT2D eigenvalue weighted by molar-refractivity contribution is -0.112. The number of ether oxygens (including phenoxy) is 1. The first kappa shape index (κ1) is 33.5. The maximum absolute atomic E-state index is 15.5. The van der Waals surface area contributed by atoms with Crippen molar-refractivity contribution in [1.82, 2.24) is 19.3 Å². The van der Waals surface area contributed by atoms with Gasteiger partial charge in [0.2, 0.25) is 11.7 Å². The van der Waals surface area contributed by atoms with Crippen molar-refractivity contribution < 1.29 is 28.2 Å². The number of fused-ring (bicyclic) bond motifs is 2. The Kier molecular flexibility index (Phi) is 9.48. The summed E-state index contributed by atoms with van der Waals surface area (Å²) in [5.74, 6) is -3.27. The van der Waals surface area contributed by atoms with Crippen LogP contribution in [0.4, 0.5) is 8.78 Å².